The van der Waals surface area contributed by atoms with Crippen LogP contribution in [-0.2, 0) is 17.8 Å². The number of benzene rings is 2. The van der Waals surface area contributed by atoms with Crippen LogP contribution in [0.5, 0.6) is 5.75 Å². The number of nitrogens with zero attached hydrogens (tertiary/aromatic N) is 1. The van der Waals surface area contributed by atoms with E-state index in [2.05, 4.69) is 10.4 Å². The van der Waals surface area contributed by atoms with Gasteiger partial charge in [0, 0.05) is 6.54 Å². The van der Waals surface area contributed by atoms with Crippen molar-refractivity contribution in [3.63, 3.8) is 0 Å². The minimum absolute atomic E-state index is 0.221. The number of H-pyrrole nitrogens is 1. The van der Waals surface area contributed by atoms with Crippen molar-refractivity contribution in [3.8, 4) is 5.75 Å². The van der Waals surface area contributed by atoms with Gasteiger partial charge in [0.05, 0.1) is 17.9 Å². The highest BCUT2D eigenvalue weighted by atomic mass is 16.5. The summed E-state index contributed by atoms with van der Waals surface area (Å²) in [5.74, 6) is 0.486. The highest BCUT2D eigenvalue weighted by Gasteiger charge is 2.09. The Bertz CT molecular complexity index is 1050. The number of nitrogens with one attached hydrogen (secondary N) is 2. The second-order valence-corrected chi connectivity index (χ2v) is 6.18. The van der Waals surface area contributed by atoms with E-state index in [4.69, 9.17) is 4.74 Å². The van der Waals surface area contributed by atoms with E-state index in [-0.39, 0.29) is 12.5 Å². The van der Waals surface area contributed by atoms with E-state index in [1.807, 2.05) is 24.3 Å². The number of fused-ring (bicyclic) bond motifs is 1. The molecule has 0 saturated heterocycles. The van der Waals surface area contributed by atoms with Crippen LogP contribution in [0.25, 0.3) is 10.8 Å². The van der Waals surface area contributed by atoms with Crippen LogP contribution in [0.2, 0.25) is 0 Å². The largest absolute Gasteiger partial charge is 0.497 e. The SMILES string of the molecule is COc1ccc(CCCNC(=O)Cn2[nH]c(=O)c3ccccc3c2=O)cc1. The first-order valence-electron chi connectivity index (χ1n) is 8.70. The number of aromatic amines is 1. The van der Waals surface area contributed by atoms with Crippen molar-refractivity contribution in [2.24, 2.45) is 0 Å². The molecule has 0 bridgehead atoms. The first-order chi connectivity index (χ1) is 13.1. The normalized spacial score (nSPS) is 10.7. The number of hydrogen-bond donors (Lipinski definition) is 2. The van der Waals surface area contributed by atoms with Crippen LogP contribution in [0, 0.1) is 0 Å². The van der Waals surface area contributed by atoms with Gasteiger partial charge in [-0.25, -0.2) is 4.68 Å². The molecule has 27 heavy (non-hydrogen) atoms. The molecule has 0 aliphatic rings. The molecule has 1 amide bonds. The summed E-state index contributed by atoms with van der Waals surface area (Å²) >= 11 is 0. The molecule has 3 rings (SSSR count). The molecule has 140 valence electrons. The van der Waals surface area contributed by atoms with Crippen LogP contribution >= 0.6 is 0 Å². The third-order valence-electron chi connectivity index (χ3n) is 4.31. The fourth-order valence-corrected chi connectivity index (χ4v) is 2.87. The smallest absolute Gasteiger partial charge is 0.273 e. The van der Waals surface area contributed by atoms with Gasteiger partial charge in [0.2, 0.25) is 5.91 Å². The predicted molar refractivity (Wildman–Crippen MR) is 103 cm³/mol. The van der Waals surface area contributed by atoms with Gasteiger partial charge in [-0.2, -0.15) is 0 Å². The number of carbonyl (C=O) groups excluding carboxylic acids is 1. The zero-order valence-corrected chi connectivity index (χ0v) is 15.0. The van der Waals surface area contributed by atoms with Crippen LogP contribution in [0.15, 0.2) is 58.1 Å². The Morgan fingerprint density at radius 3 is 2.48 bits per heavy atom. The topological polar surface area (TPSA) is 93.2 Å². The van der Waals surface area contributed by atoms with E-state index < -0.39 is 11.1 Å². The Morgan fingerprint density at radius 1 is 1.07 bits per heavy atom. The van der Waals surface area contributed by atoms with E-state index in [1.54, 1.807) is 31.4 Å². The second-order valence-electron chi connectivity index (χ2n) is 6.18. The van der Waals surface area contributed by atoms with Crippen molar-refractivity contribution in [2.45, 2.75) is 19.4 Å². The average molecular weight is 367 g/mol. The number of ether oxygens (including phenoxy) is 1. The number of methoxy groups -OCH3 is 1. The molecule has 0 fully saturated rings. The van der Waals surface area contributed by atoms with Gasteiger partial charge in [-0.3, -0.25) is 19.5 Å². The van der Waals surface area contributed by atoms with E-state index in [0.29, 0.717) is 17.3 Å². The van der Waals surface area contributed by atoms with Gasteiger partial charge in [0.25, 0.3) is 11.1 Å². The summed E-state index contributed by atoms with van der Waals surface area (Å²) in [6.07, 6.45) is 1.58. The molecule has 0 atom stereocenters. The van der Waals surface area contributed by atoms with Gasteiger partial charge in [0.1, 0.15) is 12.3 Å². The third-order valence-corrected chi connectivity index (χ3v) is 4.31. The van der Waals surface area contributed by atoms with Crippen LogP contribution in [0.1, 0.15) is 12.0 Å². The summed E-state index contributed by atoms with van der Waals surface area (Å²) in [7, 11) is 1.62. The lowest BCUT2D eigenvalue weighted by atomic mass is 10.1. The average Bonchev–Trinajstić information content (AvgIpc) is 2.70. The quantitative estimate of drug-likeness (QED) is 0.618. The molecule has 7 heteroatoms. The maximum absolute atomic E-state index is 12.4. The van der Waals surface area contributed by atoms with Crippen molar-refractivity contribution in [1.29, 1.82) is 0 Å². The molecule has 0 radical (unpaired) electrons. The summed E-state index contributed by atoms with van der Waals surface area (Å²) in [6.45, 7) is 0.263. The Labute approximate surface area is 155 Å². The van der Waals surface area contributed by atoms with E-state index >= 15 is 0 Å². The van der Waals surface area contributed by atoms with Gasteiger partial charge >= 0.3 is 0 Å². The minimum Gasteiger partial charge on any atom is -0.497 e. The zero-order chi connectivity index (χ0) is 19.2. The van der Waals surface area contributed by atoms with Gasteiger partial charge in [0.15, 0.2) is 0 Å². The Morgan fingerprint density at radius 2 is 1.78 bits per heavy atom. The number of aryl methyl sites for hydroxylation is 1. The number of carbonyl (C=O) groups is 1. The summed E-state index contributed by atoms with van der Waals surface area (Å²) in [5.41, 5.74) is 0.371. The summed E-state index contributed by atoms with van der Waals surface area (Å²) in [5, 5.41) is 5.84. The lowest BCUT2D eigenvalue weighted by Crippen LogP contribution is -2.37. The fourth-order valence-electron chi connectivity index (χ4n) is 2.87. The summed E-state index contributed by atoms with van der Waals surface area (Å²) in [4.78, 5) is 36.5. The van der Waals surface area contributed by atoms with Crippen LogP contribution in [-0.4, -0.2) is 29.3 Å². The van der Waals surface area contributed by atoms with Gasteiger partial charge in [-0.15, -0.1) is 0 Å². The molecule has 7 nitrogen and oxygen atoms in total. The highest BCUT2D eigenvalue weighted by molar-refractivity contribution is 5.81. The van der Waals surface area contributed by atoms with Crippen molar-refractivity contribution >= 4 is 16.7 Å². The van der Waals surface area contributed by atoms with E-state index in [9.17, 15) is 14.4 Å². The molecule has 0 spiro atoms. The standard InChI is InChI=1S/C20H21N3O4/c1-27-15-10-8-14(9-11-15)5-4-12-21-18(24)13-23-20(26)17-7-3-2-6-16(17)19(25)22-23/h2-3,6-11H,4-5,12-13H2,1H3,(H,21,24)(H,22,25). The van der Waals surface area contributed by atoms with Crippen LogP contribution in [0.3, 0.4) is 0 Å². The Kier molecular flexibility index (Phi) is 5.71. The maximum atomic E-state index is 12.4. The lowest BCUT2D eigenvalue weighted by molar-refractivity contribution is -0.121. The molecule has 0 aliphatic carbocycles. The number of rotatable bonds is 7. The van der Waals surface area contributed by atoms with E-state index in [1.165, 1.54) is 0 Å². The van der Waals surface area contributed by atoms with Crippen molar-refractivity contribution < 1.29 is 9.53 Å². The van der Waals surface area contributed by atoms with Crippen molar-refractivity contribution in [3.05, 3.63) is 74.8 Å². The molecule has 3 aromatic rings. The molecule has 1 aromatic heterocycles. The minimum atomic E-state index is -0.391. The molecule has 0 saturated carbocycles. The fraction of sp³-hybridized carbons (Fsp3) is 0.250. The third kappa shape index (κ3) is 4.44. The number of hydrogen-bond acceptors (Lipinski definition) is 4. The van der Waals surface area contributed by atoms with E-state index in [0.717, 1.165) is 28.8 Å². The highest BCUT2D eigenvalue weighted by Crippen LogP contribution is 2.12. The number of aromatic nitrogens is 2. The lowest BCUT2D eigenvalue weighted by Gasteiger charge is -2.08. The molecule has 0 unspecified atom stereocenters. The molecule has 0 aliphatic heterocycles. The zero-order valence-electron chi connectivity index (χ0n) is 15.0. The van der Waals surface area contributed by atoms with Crippen molar-refractivity contribution in [2.75, 3.05) is 13.7 Å². The summed E-state index contributed by atoms with van der Waals surface area (Å²) in [6, 6.07) is 14.3. The van der Waals surface area contributed by atoms with Crippen LogP contribution in [0.4, 0.5) is 0 Å². The van der Waals surface area contributed by atoms with Gasteiger partial charge in [-0.1, -0.05) is 24.3 Å². The Balaban J connectivity index is 1.55. The first kappa shape index (κ1) is 18.4. The van der Waals surface area contributed by atoms with Gasteiger partial charge in [-0.05, 0) is 42.7 Å². The monoisotopic (exact) mass is 367 g/mol. The molecular formula is C20H21N3O4. The molecule has 2 aromatic carbocycles. The van der Waals surface area contributed by atoms with Crippen molar-refractivity contribution in [1.82, 2.24) is 15.1 Å². The molecule has 1 heterocycles. The second kappa shape index (κ2) is 8.35. The van der Waals surface area contributed by atoms with Crippen LogP contribution < -0.4 is 21.2 Å². The first-order valence-corrected chi connectivity index (χ1v) is 8.70. The van der Waals surface area contributed by atoms with Gasteiger partial charge < -0.3 is 10.1 Å². The molecular weight excluding hydrogens is 346 g/mol. The maximum Gasteiger partial charge on any atom is 0.273 e. The molecule has 2 N–H and O–H groups in total. The Hall–Kier alpha value is -3.35. The summed E-state index contributed by atoms with van der Waals surface area (Å²) < 4.78 is 6.16. The number of amides is 1. The predicted octanol–water partition coefficient (Wildman–Crippen LogP) is 1.45.